The van der Waals surface area contributed by atoms with Gasteiger partial charge in [-0.25, -0.2) is 0 Å². The highest BCUT2D eigenvalue weighted by Gasteiger charge is 2.38. The summed E-state index contributed by atoms with van der Waals surface area (Å²) in [4.78, 5) is 16.8. The molecule has 1 heterocycles. The zero-order valence-corrected chi connectivity index (χ0v) is 13.6. The van der Waals surface area contributed by atoms with Crippen molar-refractivity contribution in [2.45, 2.75) is 38.8 Å². The summed E-state index contributed by atoms with van der Waals surface area (Å²) in [5.74, 6) is 0.221. The van der Waals surface area contributed by atoms with Crippen molar-refractivity contribution in [2.24, 2.45) is 0 Å². The van der Waals surface area contributed by atoms with Crippen molar-refractivity contribution in [2.75, 3.05) is 32.1 Å². The van der Waals surface area contributed by atoms with Gasteiger partial charge in [0, 0.05) is 32.9 Å². The number of carbonyl (C=O) groups is 1. The summed E-state index contributed by atoms with van der Waals surface area (Å²) in [7, 11) is 4.06. The fraction of sp³-hybridized carbons (Fsp3) is 0.588. The van der Waals surface area contributed by atoms with E-state index in [2.05, 4.69) is 34.5 Å². The number of amides is 1. The first-order valence-corrected chi connectivity index (χ1v) is 7.77. The number of nitrogens with zero attached hydrogens (tertiary/aromatic N) is 2. The maximum atomic E-state index is 12.7. The summed E-state index contributed by atoms with van der Waals surface area (Å²) in [5.41, 5.74) is 1.98. The van der Waals surface area contributed by atoms with Gasteiger partial charge < -0.3 is 15.1 Å². The zero-order valence-electron chi connectivity index (χ0n) is 13.6. The summed E-state index contributed by atoms with van der Waals surface area (Å²) in [6, 6.07) is 8.41. The van der Waals surface area contributed by atoms with E-state index in [4.69, 9.17) is 0 Å². The van der Waals surface area contributed by atoms with E-state index in [0.717, 1.165) is 25.9 Å². The van der Waals surface area contributed by atoms with Crippen LogP contribution in [0.2, 0.25) is 0 Å². The van der Waals surface area contributed by atoms with Gasteiger partial charge in [-0.2, -0.15) is 0 Å². The molecule has 1 aromatic carbocycles. The molecule has 1 fully saturated rings. The van der Waals surface area contributed by atoms with Gasteiger partial charge in [0.15, 0.2) is 0 Å². The number of anilines is 1. The van der Waals surface area contributed by atoms with Crippen molar-refractivity contribution >= 4 is 11.6 Å². The van der Waals surface area contributed by atoms with Crippen molar-refractivity contribution < 1.29 is 4.79 Å². The van der Waals surface area contributed by atoms with E-state index in [-0.39, 0.29) is 11.4 Å². The highest BCUT2D eigenvalue weighted by atomic mass is 16.2. The van der Waals surface area contributed by atoms with Crippen LogP contribution >= 0.6 is 0 Å². The fourth-order valence-corrected chi connectivity index (χ4v) is 2.87. The van der Waals surface area contributed by atoms with Crippen molar-refractivity contribution in [3.8, 4) is 0 Å². The molecule has 1 N–H and O–H groups in total. The summed E-state index contributed by atoms with van der Waals surface area (Å²) < 4.78 is 0. The average molecular weight is 289 g/mol. The maximum absolute atomic E-state index is 12.7. The van der Waals surface area contributed by atoms with Crippen LogP contribution in [0.1, 0.15) is 32.3 Å². The quantitative estimate of drug-likeness (QED) is 0.903. The van der Waals surface area contributed by atoms with Gasteiger partial charge in [-0.05, 0) is 50.9 Å². The number of benzene rings is 1. The molecular formula is C17H27N3O. The lowest BCUT2D eigenvalue weighted by Gasteiger charge is -2.31. The smallest absolute Gasteiger partial charge is 0.242 e. The molecule has 1 unspecified atom stereocenters. The lowest BCUT2D eigenvalue weighted by atomic mass is 9.98. The molecule has 0 bridgehead atoms. The maximum Gasteiger partial charge on any atom is 0.242 e. The van der Waals surface area contributed by atoms with Crippen LogP contribution in [-0.2, 0) is 11.3 Å². The molecule has 1 aliphatic heterocycles. The molecule has 1 amide bonds. The van der Waals surface area contributed by atoms with Crippen LogP contribution in [0.4, 0.5) is 5.69 Å². The molecule has 116 valence electrons. The van der Waals surface area contributed by atoms with Crippen LogP contribution in [0.15, 0.2) is 24.3 Å². The van der Waals surface area contributed by atoms with E-state index >= 15 is 0 Å². The third kappa shape index (κ3) is 3.56. The fourth-order valence-electron chi connectivity index (χ4n) is 2.87. The Morgan fingerprint density at radius 1 is 1.29 bits per heavy atom. The molecule has 0 saturated carbocycles. The predicted octanol–water partition coefficient (Wildman–Crippen LogP) is 2.24. The molecule has 0 aromatic heterocycles. The van der Waals surface area contributed by atoms with Gasteiger partial charge in [0.25, 0.3) is 0 Å². The second kappa shape index (κ2) is 6.48. The second-order valence-electron chi connectivity index (χ2n) is 6.24. The van der Waals surface area contributed by atoms with Gasteiger partial charge in [-0.15, -0.1) is 0 Å². The predicted molar refractivity (Wildman–Crippen MR) is 87.5 cm³/mol. The number of hydrogen-bond acceptors (Lipinski definition) is 3. The Balaban J connectivity index is 2.06. The van der Waals surface area contributed by atoms with Gasteiger partial charge in [0.1, 0.15) is 0 Å². The first kappa shape index (κ1) is 15.8. The highest BCUT2D eigenvalue weighted by molar-refractivity contribution is 5.86. The van der Waals surface area contributed by atoms with Gasteiger partial charge in [-0.3, -0.25) is 4.79 Å². The molecule has 0 spiro atoms. The number of nitrogens with one attached hydrogen (secondary N) is 1. The number of carbonyl (C=O) groups excluding carboxylic acids is 1. The number of likely N-dealkylation sites (N-methyl/N-ethyl adjacent to an activating group) is 1. The van der Waals surface area contributed by atoms with Crippen molar-refractivity contribution in [1.82, 2.24) is 10.2 Å². The summed E-state index contributed by atoms with van der Waals surface area (Å²) in [6.45, 7) is 6.44. The molecule has 4 nitrogen and oxygen atoms in total. The highest BCUT2D eigenvalue weighted by Crippen LogP contribution is 2.22. The third-order valence-electron chi connectivity index (χ3n) is 4.34. The van der Waals surface area contributed by atoms with Crippen LogP contribution in [0.3, 0.4) is 0 Å². The van der Waals surface area contributed by atoms with E-state index in [1.807, 2.05) is 32.8 Å². The largest absolute Gasteiger partial charge is 0.378 e. The van der Waals surface area contributed by atoms with Crippen molar-refractivity contribution in [3.63, 3.8) is 0 Å². The molecule has 1 aromatic rings. The van der Waals surface area contributed by atoms with Crippen LogP contribution < -0.4 is 10.2 Å². The summed E-state index contributed by atoms with van der Waals surface area (Å²) >= 11 is 0. The molecule has 0 radical (unpaired) electrons. The minimum Gasteiger partial charge on any atom is -0.378 e. The Morgan fingerprint density at radius 2 is 1.95 bits per heavy atom. The molecule has 0 aliphatic carbocycles. The Morgan fingerprint density at radius 3 is 2.43 bits per heavy atom. The Bertz CT molecular complexity index is 475. The van der Waals surface area contributed by atoms with Gasteiger partial charge in [0.2, 0.25) is 5.91 Å². The van der Waals surface area contributed by atoms with E-state index in [1.165, 1.54) is 11.3 Å². The minimum atomic E-state index is -0.375. The van der Waals surface area contributed by atoms with E-state index in [9.17, 15) is 4.79 Å². The second-order valence-corrected chi connectivity index (χ2v) is 6.24. The summed E-state index contributed by atoms with van der Waals surface area (Å²) in [6.07, 6.45) is 2.01. The molecule has 1 saturated heterocycles. The van der Waals surface area contributed by atoms with Gasteiger partial charge >= 0.3 is 0 Å². The van der Waals surface area contributed by atoms with Crippen LogP contribution in [0, 0.1) is 0 Å². The standard InChI is InChI=1S/C17H27N3O/c1-5-20(16(21)17(2)11-6-12-18-17)13-14-7-9-15(10-8-14)19(3)4/h7-10,18H,5-6,11-13H2,1-4H3. The lowest BCUT2D eigenvalue weighted by Crippen LogP contribution is -2.52. The van der Waals surface area contributed by atoms with E-state index in [0.29, 0.717) is 6.54 Å². The molecule has 2 rings (SSSR count). The van der Waals surface area contributed by atoms with Gasteiger partial charge in [0.05, 0.1) is 5.54 Å². The van der Waals surface area contributed by atoms with E-state index < -0.39 is 0 Å². The minimum absolute atomic E-state index is 0.221. The first-order valence-electron chi connectivity index (χ1n) is 7.77. The van der Waals surface area contributed by atoms with E-state index in [1.54, 1.807) is 0 Å². The van der Waals surface area contributed by atoms with Crippen LogP contribution in [0.25, 0.3) is 0 Å². The Hall–Kier alpha value is -1.55. The molecule has 1 atom stereocenters. The van der Waals surface area contributed by atoms with Crippen molar-refractivity contribution in [1.29, 1.82) is 0 Å². The monoisotopic (exact) mass is 289 g/mol. The van der Waals surface area contributed by atoms with Crippen molar-refractivity contribution in [3.05, 3.63) is 29.8 Å². The average Bonchev–Trinajstić information content (AvgIpc) is 2.92. The molecule has 4 heteroatoms. The Labute approximate surface area is 128 Å². The topological polar surface area (TPSA) is 35.6 Å². The van der Waals surface area contributed by atoms with Crippen LogP contribution in [0.5, 0.6) is 0 Å². The SMILES string of the molecule is CCN(Cc1ccc(N(C)C)cc1)C(=O)C1(C)CCCN1. The molecular weight excluding hydrogens is 262 g/mol. The summed E-state index contributed by atoms with van der Waals surface area (Å²) in [5, 5.41) is 3.36. The number of hydrogen-bond donors (Lipinski definition) is 1. The zero-order chi connectivity index (χ0) is 15.5. The number of rotatable bonds is 5. The normalized spacial score (nSPS) is 21.3. The molecule has 21 heavy (non-hydrogen) atoms. The van der Waals surface area contributed by atoms with Gasteiger partial charge in [-0.1, -0.05) is 12.1 Å². The lowest BCUT2D eigenvalue weighted by molar-refractivity contribution is -0.137. The Kier molecular flexibility index (Phi) is 4.88. The third-order valence-corrected chi connectivity index (χ3v) is 4.34. The molecule has 1 aliphatic rings. The van der Waals surface area contributed by atoms with Crippen LogP contribution in [-0.4, -0.2) is 43.5 Å². The first-order chi connectivity index (χ1) is 9.96.